The van der Waals surface area contributed by atoms with E-state index in [4.69, 9.17) is 9.47 Å². The van der Waals surface area contributed by atoms with Crippen LogP contribution in [-0.2, 0) is 16.1 Å². The third-order valence-corrected chi connectivity index (χ3v) is 3.69. The molecule has 4 heteroatoms. The SMILES string of the molecule is C=CC(C)(C)Oc1ccc(/C=C/C(=O)OC)c(OCc2ccccc2)c1. The highest BCUT2D eigenvalue weighted by Crippen LogP contribution is 2.29. The maximum Gasteiger partial charge on any atom is 0.330 e. The summed E-state index contributed by atoms with van der Waals surface area (Å²) in [5.41, 5.74) is 1.31. The number of hydrogen-bond acceptors (Lipinski definition) is 4. The van der Waals surface area contributed by atoms with Crippen molar-refractivity contribution >= 4 is 12.0 Å². The van der Waals surface area contributed by atoms with Crippen LogP contribution in [0.3, 0.4) is 0 Å². The van der Waals surface area contributed by atoms with Crippen LogP contribution in [0.5, 0.6) is 11.5 Å². The Morgan fingerprint density at radius 2 is 1.88 bits per heavy atom. The zero-order chi connectivity index (χ0) is 19.0. The number of ether oxygens (including phenoxy) is 3. The Balaban J connectivity index is 2.26. The van der Waals surface area contributed by atoms with E-state index in [-0.39, 0.29) is 0 Å². The summed E-state index contributed by atoms with van der Waals surface area (Å²) >= 11 is 0. The maximum atomic E-state index is 11.4. The zero-order valence-corrected chi connectivity index (χ0v) is 15.4. The molecular formula is C22H24O4. The largest absolute Gasteiger partial charge is 0.488 e. The van der Waals surface area contributed by atoms with E-state index >= 15 is 0 Å². The topological polar surface area (TPSA) is 44.8 Å². The van der Waals surface area contributed by atoms with Crippen molar-refractivity contribution in [3.05, 3.63) is 78.4 Å². The summed E-state index contributed by atoms with van der Waals surface area (Å²) in [5.74, 6) is 0.853. The molecule has 0 radical (unpaired) electrons. The highest BCUT2D eigenvalue weighted by atomic mass is 16.5. The van der Waals surface area contributed by atoms with Gasteiger partial charge in [-0.15, -0.1) is 0 Å². The number of hydrogen-bond donors (Lipinski definition) is 0. The lowest BCUT2D eigenvalue weighted by molar-refractivity contribution is -0.134. The third kappa shape index (κ3) is 5.81. The molecule has 2 aromatic carbocycles. The number of esters is 1. The first-order chi connectivity index (χ1) is 12.4. The summed E-state index contributed by atoms with van der Waals surface area (Å²) in [4.78, 5) is 11.4. The molecule has 0 unspecified atom stereocenters. The lowest BCUT2D eigenvalue weighted by atomic mass is 10.1. The first-order valence-corrected chi connectivity index (χ1v) is 8.33. The van der Waals surface area contributed by atoms with Crippen molar-refractivity contribution in [2.24, 2.45) is 0 Å². The molecule has 0 N–H and O–H groups in total. The normalized spacial score (nSPS) is 11.2. The van der Waals surface area contributed by atoms with Crippen LogP contribution in [0.15, 0.2) is 67.3 Å². The van der Waals surface area contributed by atoms with E-state index in [1.165, 1.54) is 13.2 Å². The molecule has 0 amide bonds. The van der Waals surface area contributed by atoms with Crippen LogP contribution >= 0.6 is 0 Å². The third-order valence-electron chi connectivity index (χ3n) is 3.69. The molecule has 0 fully saturated rings. The predicted octanol–water partition coefficient (Wildman–Crippen LogP) is 4.80. The zero-order valence-electron chi connectivity index (χ0n) is 15.4. The van der Waals surface area contributed by atoms with Crippen molar-refractivity contribution in [1.82, 2.24) is 0 Å². The Labute approximate surface area is 154 Å². The van der Waals surface area contributed by atoms with Gasteiger partial charge in [0.1, 0.15) is 23.7 Å². The summed E-state index contributed by atoms with van der Waals surface area (Å²) < 4.78 is 16.5. The number of methoxy groups -OCH3 is 1. The summed E-state index contributed by atoms with van der Waals surface area (Å²) in [6.45, 7) is 8.05. The second kappa shape index (κ2) is 8.90. The lowest BCUT2D eigenvalue weighted by Crippen LogP contribution is -2.24. The predicted molar refractivity (Wildman–Crippen MR) is 103 cm³/mol. The number of rotatable bonds is 8. The molecule has 2 aromatic rings. The van der Waals surface area contributed by atoms with Gasteiger partial charge in [0.25, 0.3) is 0 Å². The summed E-state index contributed by atoms with van der Waals surface area (Å²) in [6, 6.07) is 15.3. The Kier molecular flexibility index (Phi) is 6.61. The second-order valence-corrected chi connectivity index (χ2v) is 6.24. The van der Waals surface area contributed by atoms with Gasteiger partial charge in [-0.2, -0.15) is 0 Å². The molecule has 4 nitrogen and oxygen atoms in total. The molecule has 0 bridgehead atoms. The monoisotopic (exact) mass is 352 g/mol. The molecule has 0 saturated carbocycles. The van der Waals surface area contributed by atoms with Gasteiger partial charge in [-0.25, -0.2) is 4.79 Å². The Hall–Kier alpha value is -3.01. The summed E-state index contributed by atoms with van der Waals surface area (Å²) in [5, 5.41) is 0. The molecule has 26 heavy (non-hydrogen) atoms. The van der Waals surface area contributed by atoms with E-state index in [1.54, 1.807) is 12.2 Å². The van der Waals surface area contributed by atoms with E-state index in [9.17, 15) is 4.79 Å². The van der Waals surface area contributed by atoms with Gasteiger partial charge in [-0.3, -0.25) is 0 Å². The fraction of sp³-hybridized carbons (Fsp3) is 0.227. The van der Waals surface area contributed by atoms with Gasteiger partial charge >= 0.3 is 5.97 Å². The second-order valence-electron chi connectivity index (χ2n) is 6.24. The van der Waals surface area contributed by atoms with Gasteiger partial charge in [-0.1, -0.05) is 36.9 Å². The van der Waals surface area contributed by atoms with Crippen LogP contribution in [0.4, 0.5) is 0 Å². The fourth-order valence-corrected chi connectivity index (χ4v) is 2.15. The molecule has 0 spiro atoms. The van der Waals surface area contributed by atoms with E-state index in [0.29, 0.717) is 18.1 Å². The molecule has 0 heterocycles. The van der Waals surface area contributed by atoms with E-state index in [0.717, 1.165) is 11.1 Å². The smallest absolute Gasteiger partial charge is 0.330 e. The van der Waals surface area contributed by atoms with Gasteiger partial charge < -0.3 is 14.2 Å². The van der Waals surface area contributed by atoms with Gasteiger partial charge in [0.2, 0.25) is 0 Å². The quantitative estimate of drug-likeness (QED) is 0.389. The van der Waals surface area contributed by atoms with Gasteiger partial charge in [0.15, 0.2) is 0 Å². The van der Waals surface area contributed by atoms with Crippen LogP contribution in [-0.4, -0.2) is 18.7 Å². The molecule has 0 atom stereocenters. The lowest BCUT2D eigenvalue weighted by Gasteiger charge is -2.23. The van der Waals surface area contributed by atoms with Crippen molar-refractivity contribution in [2.45, 2.75) is 26.1 Å². The Bertz CT molecular complexity index is 776. The molecule has 136 valence electrons. The van der Waals surface area contributed by atoms with Crippen molar-refractivity contribution in [2.75, 3.05) is 7.11 Å². The highest BCUT2D eigenvalue weighted by molar-refractivity contribution is 5.87. The minimum atomic E-state index is -0.500. The number of carbonyl (C=O) groups excluding carboxylic acids is 1. The molecule has 0 aliphatic rings. The van der Waals surface area contributed by atoms with Crippen LogP contribution < -0.4 is 9.47 Å². The first kappa shape index (κ1) is 19.3. The van der Waals surface area contributed by atoms with Crippen molar-refractivity contribution in [3.8, 4) is 11.5 Å². The molecule has 0 aliphatic carbocycles. The molecular weight excluding hydrogens is 328 g/mol. The van der Waals surface area contributed by atoms with Crippen molar-refractivity contribution in [3.63, 3.8) is 0 Å². The molecule has 0 saturated heterocycles. The first-order valence-electron chi connectivity index (χ1n) is 8.33. The molecule has 0 aliphatic heterocycles. The van der Waals surface area contributed by atoms with Crippen LogP contribution in [0, 0.1) is 0 Å². The molecule has 2 rings (SSSR count). The minimum absolute atomic E-state index is 0.411. The summed E-state index contributed by atoms with van der Waals surface area (Å²) in [6.07, 6.45) is 4.76. The van der Waals surface area contributed by atoms with Gasteiger partial charge in [0.05, 0.1) is 7.11 Å². The number of benzene rings is 2. The Morgan fingerprint density at radius 3 is 2.54 bits per heavy atom. The highest BCUT2D eigenvalue weighted by Gasteiger charge is 2.15. The maximum absolute atomic E-state index is 11.4. The van der Waals surface area contributed by atoms with Crippen molar-refractivity contribution in [1.29, 1.82) is 0 Å². The number of carbonyl (C=O) groups is 1. The van der Waals surface area contributed by atoms with Crippen LogP contribution in [0.2, 0.25) is 0 Å². The average molecular weight is 352 g/mol. The summed E-state index contributed by atoms with van der Waals surface area (Å²) in [7, 11) is 1.34. The Morgan fingerprint density at radius 1 is 1.15 bits per heavy atom. The van der Waals surface area contributed by atoms with E-state index < -0.39 is 11.6 Å². The fourth-order valence-electron chi connectivity index (χ4n) is 2.15. The minimum Gasteiger partial charge on any atom is -0.488 e. The van der Waals surface area contributed by atoms with Crippen LogP contribution in [0.25, 0.3) is 6.08 Å². The molecule has 0 aromatic heterocycles. The van der Waals surface area contributed by atoms with Crippen molar-refractivity contribution < 1.29 is 19.0 Å². The average Bonchev–Trinajstić information content (AvgIpc) is 2.65. The van der Waals surface area contributed by atoms with E-state index in [1.807, 2.05) is 62.4 Å². The van der Waals surface area contributed by atoms with E-state index in [2.05, 4.69) is 11.3 Å². The van der Waals surface area contributed by atoms with Gasteiger partial charge in [0, 0.05) is 17.7 Å². The standard InChI is InChI=1S/C22H24O4/c1-5-22(2,3)26-19-13-11-18(12-14-21(23)24-4)20(15-19)25-16-17-9-7-6-8-10-17/h5-15H,1,16H2,2-4H3/b14-12+. The van der Waals surface area contributed by atoms with Gasteiger partial charge in [-0.05, 0) is 43.7 Å². The van der Waals surface area contributed by atoms with Crippen LogP contribution in [0.1, 0.15) is 25.0 Å².